The van der Waals surface area contributed by atoms with Gasteiger partial charge in [-0.3, -0.25) is 4.79 Å². The predicted molar refractivity (Wildman–Crippen MR) is 61.0 cm³/mol. The Hall–Kier alpha value is -1.30. The molecule has 1 aliphatic carbocycles. The summed E-state index contributed by atoms with van der Waals surface area (Å²) in [5, 5.41) is 18.8. The standard InChI is InChI=1S/C11H11NO3S/c1-6-9(16-5-12-6)3-2-7-4-8(13)11(15)10(7)14/h2-5,10-11,14-15H,1H3/b3-2+/t10-,11-/m0/s1. The maximum atomic E-state index is 11.1. The molecule has 2 rings (SSSR count). The Morgan fingerprint density at radius 3 is 2.62 bits per heavy atom. The van der Waals surface area contributed by atoms with Crippen LogP contribution >= 0.6 is 11.3 Å². The average molecular weight is 237 g/mol. The van der Waals surface area contributed by atoms with Crippen LogP contribution in [0.3, 0.4) is 0 Å². The number of nitrogens with zero attached hydrogens (tertiary/aromatic N) is 1. The van der Waals surface area contributed by atoms with Crippen LogP contribution in [0.25, 0.3) is 6.08 Å². The minimum absolute atomic E-state index is 0.435. The van der Waals surface area contributed by atoms with Gasteiger partial charge in [0.1, 0.15) is 12.2 Å². The average Bonchev–Trinajstić information content (AvgIpc) is 2.76. The second-order valence-electron chi connectivity index (χ2n) is 3.57. The zero-order valence-corrected chi connectivity index (χ0v) is 9.44. The first-order valence-electron chi connectivity index (χ1n) is 4.79. The van der Waals surface area contributed by atoms with Crippen LogP contribution in [0.1, 0.15) is 10.6 Å². The molecule has 0 fully saturated rings. The lowest BCUT2D eigenvalue weighted by atomic mass is 10.1. The number of thiazole rings is 1. The number of hydrogen-bond donors (Lipinski definition) is 2. The molecule has 0 saturated carbocycles. The monoisotopic (exact) mass is 237 g/mol. The van der Waals surface area contributed by atoms with Crippen LogP contribution in [0, 0.1) is 6.92 Å². The largest absolute Gasteiger partial charge is 0.385 e. The number of carbonyl (C=O) groups excluding carboxylic acids is 1. The summed E-state index contributed by atoms with van der Waals surface area (Å²) >= 11 is 1.48. The molecule has 1 aromatic heterocycles. The SMILES string of the molecule is Cc1ncsc1/C=C/C1=CC(=O)[C@H](O)[C@H]1O. The van der Waals surface area contributed by atoms with Crippen LogP contribution in [-0.2, 0) is 4.79 Å². The Morgan fingerprint density at radius 1 is 1.38 bits per heavy atom. The van der Waals surface area contributed by atoms with Gasteiger partial charge < -0.3 is 10.2 Å². The van der Waals surface area contributed by atoms with E-state index < -0.39 is 18.0 Å². The van der Waals surface area contributed by atoms with Gasteiger partial charge in [-0.15, -0.1) is 11.3 Å². The molecule has 2 atom stereocenters. The van der Waals surface area contributed by atoms with Crippen molar-refractivity contribution in [3.05, 3.63) is 33.8 Å². The smallest absolute Gasteiger partial charge is 0.187 e. The number of aliphatic hydroxyl groups is 2. The van der Waals surface area contributed by atoms with Crippen LogP contribution < -0.4 is 0 Å². The molecule has 0 aliphatic heterocycles. The first-order chi connectivity index (χ1) is 7.59. The summed E-state index contributed by atoms with van der Waals surface area (Å²) in [5.41, 5.74) is 3.07. The Morgan fingerprint density at radius 2 is 2.12 bits per heavy atom. The summed E-state index contributed by atoms with van der Waals surface area (Å²) < 4.78 is 0. The van der Waals surface area contributed by atoms with Crippen LogP contribution in [0.2, 0.25) is 0 Å². The van der Waals surface area contributed by atoms with E-state index in [9.17, 15) is 15.0 Å². The maximum absolute atomic E-state index is 11.1. The third kappa shape index (κ3) is 1.97. The molecule has 0 radical (unpaired) electrons. The number of hydrogen-bond acceptors (Lipinski definition) is 5. The molecule has 5 heteroatoms. The van der Waals surface area contributed by atoms with Gasteiger partial charge in [0.05, 0.1) is 11.2 Å². The van der Waals surface area contributed by atoms with Crippen molar-refractivity contribution in [3.63, 3.8) is 0 Å². The van der Waals surface area contributed by atoms with Crippen molar-refractivity contribution in [2.75, 3.05) is 0 Å². The van der Waals surface area contributed by atoms with Crippen molar-refractivity contribution < 1.29 is 15.0 Å². The van der Waals surface area contributed by atoms with E-state index in [0.717, 1.165) is 10.6 Å². The van der Waals surface area contributed by atoms with Crippen molar-refractivity contribution in [1.82, 2.24) is 4.98 Å². The first kappa shape index (κ1) is 11.2. The molecule has 1 aliphatic rings. The summed E-state index contributed by atoms with van der Waals surface area (Å²) in [6.07, 6.45) is 2.26. The topological polar surface area (TPSA) is 70.4 Å². The fourth-order valence-electron chi connectivity index (χ4n) is 1.46. The minimum atomic E-state index is -1.32. The molecular weight excluding hydrogens is 226 g/mol. The van der Waals surface area contributed by atoms with E-state index in [2.05, 4.69) is 4.98 Å². The van der Waals surface area contributed by atoms with Gasteiger partial charge in [-0.25, -0.2) is 4.98 Å². The Kier molecular flexibility index (Phi) is 3.00. The summed E-state index contributed by atoms with van der Waals surface area (Å²) in [5.74, 6) is -0.451. The molecule has 16 heavy (non-hydrogen) atoms. The number of aromatic nitrogens is 1. The van der Waals surface area contributed by atoms with E-state index in [0.29, 0.717) is 5.57 Å². The van der Waals surface area contributed by atoms with Crippen molar-refractivity contribution in [3.8, 4) is 0 Å². The van der Waals surface area contributed by atoms with Crippen LogP contribution in [0.5, 0.6) is 0 Å². The fraction of sp³-hybridized carbons (Fsp3) is 0.273. The molecular formula is C11H11NO3S. The van der Waals surface area contributed by atoms with Crippen LogP contribution in [-0.4, -0.2) is 33.2 Å². The fourth-order valence-corrected chi connectivity index (χ4v) is 2.16. The molecule has 1 heterocycles. The number of aliphatic hydroxyl groups excluding tert-OH is 2. The molecule has 0 unspecified atom stereocenters. The molecule has 0 amide bonds. The zero-order valence-electron chi connectivity index (χ0n) is 8.62. The molecule has 4 nitrogen and oxygen atoms in total. The molecule has 2 N–H and O–H groups in total. The lowest BCUT2D eigenvalue weighted by Gasteiger charge is -2.07. The van der Waals surface area contributed by atoms with E-state index in [4.69, 9.17) is 0 Å². The Balaban J connectivity index is 2.18. The highest BCUT2D eigenvalue weighted by Gasteiger charge is 2.31. The molecule has 1 aromatic rings. The molecule has 0 aromatic carbocycles. The quantitative estimate of drug-likeness (QED) is 0.794. The van der Waals surface area contributed by atoms with E-state index in [1.54, 1.807) is 17.7 Å². The number of aryl methyl sites for hydroxylation is 1. The van der Waals surface area contributed by atoms with Gasteiger partial charge in [0, 0.05) is 4.88 Å². The maximum Gasteiger partial charge on any atom is 0.187 e. The third-order valence-electron chi connectivity index (χ3n) is 2.45. The second kappa shape index (κ2) is 4.29. The van der Waals surface area contributed by atoms with Gasteiger partial charge in [0.25, 0.3) is 0 Å². The van der Waals surface area contributed by atoms with Crippen LogP contribution in [0.4, 0.5) is 0 Å². The third-order valence-corrected chi connectivity index (χ3v) is 3.35. The van der Waals surface area contributed by atoms with Gasteiger partial charge in [-0.1, -0.05) is 6.08 Å². The number of rotatable bonds is 2. The van der Waals surface area contributed by atoms with Gasteiger partial charge in [-0.2, -0.15) is 0 Å². The number of ketones is 1. The van der Waals surface area contributed by atoms with Crippen LogP contribution in [0.15, 0.2) is 23.2 Å². The van der Waals surface area contributed by atoms with Crippen molar-refractivity contribution in [2.24, 2.45) is 0 Å². The van der Waals surface area contributed by atoms with Crippen molar-refractivity contribution in [2.45, 2.75) is 19.1 Å². The summed E-state index contributed by atoms with van der Waals surface area (Å²) in [4.78, 5) is 16.1. The lowest BCUT2D eigenvalue weighted by molar-refractivity contribution is -0.124. The summed E-state index contributed by atoms with van der Waals surface area (Å²) in [7, 11) is 0. The zero-order chi connectivity index (χ0) is 11.7. The molecule has 0 bridgehead atoms. The van der Waals surface area contributed by atoms with E-state index in [1.165, 1.54) is 17.4 Å². The Labute approximate surface area is 96.6 Å². The van der Waals surface area contributed by atoms with E-state index in [-0.39, 0.29) is 0 Å². The second-order valence-corrected chi connectivity index (χ2v) is 4.46. The molecule has 0 saturated heterocycles. The van der Waals surface area contributed by atoms with Gasteiger partial charge in [0.15, 0.2) is 5.78 Å². The Bertz CT molecular complexity index is 475. The highest BCUT2D eigenvalue weighted by molar-refractivity contribution is 7.10. The predicted octanol–water partition coefficient (Wildman–Crippen LogP) is 0.696. The first-order valence-corrected chi connectivity index (χ1v) is 5.67. The lowest BCUT2D eigenvalue weighted by Crippen LogP contribution is -2.27. The minimum Gasteiger partial charge on any atom is -0.385 e. The normalized spacial score (nSPS) is 25.4. The van der Waals surface area contributed by atoms with Gasteiger partial charge in [0.2, 0.25) is 0 Å². The van der Waals surface area contributed by atoms with Gasteiger partial charge >= 0.3 is 0 Å². The summed E-state index contributed by atoms with van der Waals surface area (Å²) in [6, 6.07) is 0. The highest BCUT2D eigenvalue weighted by atomic mass is 32.1. The van der Waals surface area contributed by atoms with Gasteiger partial charge in [-0.05, 0) is 24.6 Å². The number of carbonyl (C=O) groups is 1. The summed E-state index contributed by atoms with van der Waals surface area (Å²) in [6.45, 7) is 1.88. The molecule has 84 valence electrons. The van der Waals surface area contributed by atoms with Crippen molar-refractivity contribution >= 4 is 23.2 Å². The van der Waals surface area contributed by atoms with Crippen molar-refractivity contribution in [1.29, 1.82) is 0 Å². The van der Waals surface area contributed by atoms with E-state index in [1.807, 2.05) is 6.92 Å². The van der Waals surface area contributed by atoms with E-state index >= 15 is 0 Å². The highest BCUT2D eigenvalue weighted by Crippen LogP contribution is 2.21. The molecule has 0 spiro atoms.